The molecule has 2 nitrogen and oxygen atoms in total. The molecule has 2 aromatic rings. The molecule has 0 unspecified atom stereocenters. The van der Waals surface area contributed by atoms with Gasteiger partial charge in [-0.2, -0.15) is 0 Å². The number of nitrogens with two attached hydrogens (primary N) is 1. The van der Waals surface area contributed by atoms with Crippen LogP contribution < -0.4 is 10.5 Å². The molecular formula is C11H9BrFNOS. The average Bonchev–Trinajstić information content (AvgIpc) is 2.64. The molecule has 0 aliphatic carbocycles. The third-order valence-electron chi connectivity index (χ3n) is 2.04. The van der Waals surface area contributed by atoms with Gasteiger partial charge in [0.05, 0.1) is 10.6 Å². The van der Waals surface area contributed by atoms with Crippen LogP contribution >= 0.6 is 27.3 Å². The van der Waals surface area contributed by atoms with E-state index in [1.807, 2.05) is 11.4 Å². The van der Waals surface area contributed by atoms with Crippen LogP contribution in [0.5, 0.6) is 5.75 Å². The number of hydrogen-bond donors (Lipinski definition) is 1. The van der Waals surface area contributed by atoms with Gasteiger partial charge in [0.15, 0.2) is 11.6 Å². The highest BCUT2D eigenvalue weighted by atomic mass is 79.9. The lowest BCUT2D eigenvalue weighted by Gasteiger charge is -2.08. The standard InChI is InChI=1S/C11H9BrFNOS/c12-7-4-5-16-10(7)6-15-11-8(13)2-1-3-9(11)14/h1-5H,6,14H2. The van der Waals surface area contributed by atoms with E-state index in [0.717, 1.165) is 9.35 Å². The number of anilines is 1. The van der Waals surface area contributed by atoms with Crippen molar-refractivity contribution in [2.75, 3.05) is 5.73 Å². The molecule has 1 aromatic heterocycles. The van der Waals surface area contributed by atoms with Crippen molar-refractivity contribution in [3.63, 3.8) is 0 Å². The van der Waals surface area contributed by atoms with Crippen molar-refractivity contribution in [2.45, 2.75) is 6.61 Å². The number of rotatable bonds is 3. The maximum Gasteiger partial charge on any atom is 0.178 e. The lowest BCUT2D eigenvalue weighted by atomic mass is 10.3. The minimum absolute atomic E-state index is 0.114. The van der Waals surface area contributed by atoms with Gasteiger partial charge in [0.25, 0.3) is 0 Å². The van der Waals surface area contributed by atoms with E-state index in [4.69, 9.17) is 10.5 Å². The van der Waals surface area contributed by atoms with E-state index in [9.17, 15) is 4.39 Å². The van der Waals surface area contributed by atoms with Crippen molar-refractivity contribution in [2.24, 2.45) is 0 Å². The minimum atomic E-state index is -0.437. The van der Waals surface area contributed by atoms with E-state index < -0.39 is 5.82 Å². The Kier molecular flexibility index (Phi) is 3.46. The Balaban J connectivity index is 2.14. The van der Waals surface area contributed by atoms with Crippen LogP contribution in [0.15, 0.2) is 34.1 Å². The molecule has 0 aliphatic rings. The molecule has 0 amide bonds. The third-order valence-corrected chi connectivity index (χ3v) is 3.94. The summed E-state index contributed by atoms with van der Waals surface area (Å²) >= 11 is 4.93. The first-order valence-electron chi connectivity index (χ1n) is 4.57. The van der Waals surface area contributed by atoms with Crippen LogP contribution in [-0.4, -0.2) is 0 Å². The molecule has 1 heterocycles. The van der Waals surface area contributed by atoms with Crippen molar-refractivity contribution in [3.05, 3.63) is 44.8 Å². The second-order valence-corrected chi connectivity index (χ2v) is 4.99. The van der Waals surface area contributed by atoms with E-state index in [2.05, 4.69) is 15.9 Å². The molecule has 0 radical (unpaired) electrons. The van der Waals surface area contributed by atoms with Crippen molar-refractivity contribution in [1.82, 2.24) is 0 Å². The van der Waals surface area contributed by atoms with Gasteiger partial charge in [0.1, 0.15) is 6.61 Å². The van der Waals surface area contributed by atoms with Crippen LogP contribution in [0.2, 0.25) is 0 Å². The zero-order valence-electron chi connectivity index (χ0n) is 8.24. The zero-order chi connectivity index (χ0) is 11.5. The Morgan fingerprint density at radius 1 is 1.38 bits per heavy atom. The second kappa shape index (κ2) is 4.84. The van der Waals surface area contributed by atoms with Crippen molar-refractivity contribution in [3.8, 4) is 5.75 Å². The normalized spacial score (nSPS) is 10.4. The van der Waals surface area contributed by atoms with Crippen LogP contribution in [0, 0.1) is 5.82 Å². The van der Waals surface area contributed by atoms with E-state index in [-0.39, 0.29) is 5.75 Å². The number of benzene rings is 1. The number of halogens is 2. The van der Waals surface area contributed by atoms with Gasteiger partial charge in [0.2, 0.25) is 0 Å². The Morgan fingerprint density at radius 3 is 2.81 bits per heavy atom. The monoisotopic (exact) mass is 301 g/mol. The summed E-state index contributed by atoms with van der Waals surface area (Å²) in [6.45, 7) is 0.309. The first kappa shape index (κ1) is 11.4. The van der Waals surface area contributed by atoms with Gasteiger partial charge >= 0.3 is 0 Å². The molecule has 0 bridgehead atoms. The van der Waals surface area contributed by atoms with Gasteiger partial charge in [-0.25, -0.2) is 4.39 Å². The summed E-state index contributed by atoms with van der Waals surface area (Å²) in [5.41, 5.74) is 5.94. The molecule has 0 saturated carbocycles. The first-order chi connectivity index (χ1) is 7.68. The quantitative estimate of drug-likeness (QED) is 0.875. The number of thiophene rings is 1. The lowest BCUT2D eigenvalue weighted by molar-refractivity contribution is 0.295. The summed E-state index contributed by atoms with van der Waals surface area (Å²) in [4.78, 5) is 1.00. The number of para-hydroxylation sites is 1. The van der Waals surface area contributed by atoms with Gasteiger partial charge in [0, 0.05) is 4.47 Å². The molecule has 16 heavy (non-hydrogen) atoms. The van der Waals surface area contributed by atoms with Gasteiger partial charge in [-0.15, -0.1) is 11.3 Å². The zero-order valence-corrected chi connectivity index (χ0v) is 10.6. The fourth-order valence-corrected chi connectivity index (χ4v) is 2.62. The van der Waals surface area contributed by atoms with E-state index >= 15 is 0 Å². The Morgan fingerprint density at radius 2 is 2.19 bits per heavy atom. The molecule has 0 atom stereocenters. The summed E-state index contributed by atoms with van der Waals surface area (Å²) < 4.78 is 19.7. The molecule has 84 valence electrons. The minimum Gasteiger partial charge on any atom is -0.483 e. The van der Waals surface area contributed by atoms with Gasteiger partial charge in [-0.3, -0.25) is 0 Å². The lowest BCUT2D eigenvalue weighted by Crippen LogP contribution is -2.00. The number of nitrogen functional groups attached to an aromatic ring is 1. The van der Waals surface area contributed by atoms with Crippen LogP contribution in [0.3, 0.4) is 0 Å². The summed E-state index contributed by atoms with van der Waals surface area (Å²) in [7, 11) is 0. The van der Waals surface area contributed by atoms with Gasteiger partial charge < -0.3 is 10.5 Å². The SMILES string of the molecule is Nc1cccc(F)c1OCc1sccc1Br. The summed E-state index contributed by atoms with van der Waals surface area (Å²) in [5.74, 6) is -0.324. The Bertz CT molecular complexity index is 480. The maximum absolute atomic E-state index is 13.4. The molecule has 1 aromatic carbocycles. The molecule has 0 aliphatic heterocycles. The molecule has 5 heteroatoms. The van der Waals surface area contributed by atoms with Crippen LogP contribution in [0.4, 0.5) is 10.1 Å². The fourth-order valence-electron chi connectivity index (χ4n) is 1.24. The van der Waals surface area contributed by atoms with E-state index in [1.165, 1.54) is 6.07 Å². The number of hydrogen-bond acceptors (Lipinski definition) is 3. The highest BCUT2D eigenvalue weighted by molar-refractivity contribution is 9.10. The van der Waals surface area contributed by atoms with Crippen LogP contribution in [0.25, 0.3) is 0 Å². The summed E-state index contributed by atoms with van der Waals surface area (Å²) in [5, 5.41) is 1.94. The van der Waals surface area contributed by atoms with Crippen molar-refractivity contribution < 1.29 is 9.13 Å². The second-order valence-electron chi connectivity index (χ2n) is 3.14. The smallest absolute Gasteiger partial charge is 0.178 e. The summed E-state index contributed by atoms with van der Waals surface area (Å²) in [6, 6.07) is 6.42. The van der Waals surface area contributed by atoms with Crippen LogP contribution in [-0.2, 0) is 6.61 Å². The highest BCUT2D eigenvalue weighted by Crippen LogP contribution is 2.28. The fraction of sp³-hybridized carbons (Fsp3) is 0.0909. The Hall–Kier alpha value is -1.07. The van der Waals surface area contributed by atoms with Crippen molar-refractivity contribution in [1.29, 1.82) is 0 Å². The van der Waals surface area contributed by atoms with Crippen LogP contribution in [0.1, 0.15) is 4.88 Å². The highest BCUT2D eigenvalue weighted by Gasteiger charge is 2.09. The predicted molar refractivity (Wildman–Crippen MR) is 67.2 cm³/mol. The molecule has 0 saturated heterocycles. The first-order valence-corrected chi connectivity index (χ1v) is 6.24. The largest absolute Gasteiger partial charge is 0.483 e. The number of ether oxygens (including phenoxy) is 1. The molecular weight excluding hydrogens is 293 g/mol. The topological polar surface area (TPSA) is 35.2 Å². The summed E-state index contributed by atoms with van der Waals surface area (Å²) in [6.07, 6.45) is 0. The predicted octanol–water partition coefficient (Wildman–Crippen LogP) is 3.81. The maximum atomic E-state index is 13.4. The van der Waals surface area contributed by atoms with E-state index in [1.54, 1.807) is 23.5 Å². The average molecular weight is 302 g/mol. The molecule has 2 rings (SSSR count). The molecule has 2 N–H and O–H groups in total. The van der Waals surface area contributed by atoms with Gasteiger partial charge in [-0.05, 0) is 39.5 Å². The molecule has 0 spiro atoms. The van der Waals surface area contributed by atoms with E-state index in [0.29, 0.717) is 12.3 Å². The van der Waals surface area contributed by atoms with Crippen molar-refractivity contribution >= 4 is 33.0 Å². The van der Waals surface area contributed by atoms with Gasteiger partial charge in [-0.1, -0.05) is 6.07 Å². The Labute approximate surface area is 105 Å². The third kappa shape index (κ3) is 2.36. The molecule has 0 fully saturated rings.